The van der Waals surface area contributed by atoms with Gasteiger partial charge in [0.25, 0.3) is 0 Å². The highest BCUT2D eigenvalue weighted by atomic mass is 14.7. The van der Waals surface area contributed by atoms with Gasteiger partial charge in [-0.15, -0.1) is 5.73 Å². The quantitative estimate of drug-likeness (QED) is 0.540. The summed E-state index contributed by atoms with van der Waals surface area (Å²) in [4.78, 5) is 4.51. The Morgan fingerprint density at radius 3 is 2.33 bits per heavy atom. The van der Waals surface area contributed by atoms with Crippen LogP contribution in [0.5, 0.6) is 0 Å². The minimum absolute atomic E-state index is 0.876. The van der Waals surface area contributed by atoms with Crippen LogP contribution in [0.1, 0.15) is 18.2 Å². The van der Waals surface area contributed by atoms with Crippen LogP contribution in [0.15, 0.2) is 79.2 Å². The summed E-state index contributed by atoms with van der Waals surface area (Å²) < 4.78 is 0. The first-order valence-corrected chi connectivity index (χ1v) is 6.97. The van der Waals surface area contributed by atoms with Crippen LogP contribution in [0.25, 0.3) is 16.7 Å². The van der Waals surface area contributed by atoms with Crippen LogP contribution in [0.2, 0.25) is 0 Å². The lowest BCUT2D eigenvalue weighted by atomic mass is 10.0. The van der Waals surface area contributed by atoms with Crippen molar-refractivity contribution in [1.29, 1.82) is 0 Å². The second-order valence-corrected chi connectivity index (χ2v) is 4.77. The monoisotopic (exact) mass is 273 g/mol. The van der Waals surface area contributed by atoms with E-state index in [1.807, 2.05) is 43.5 Å². The third-order valence-electron chi connectivity index (χ3n) is 3.18. The molecule has 0 bridgehead atoms. The van der Waals surface area contributed by atoms with Gasteiger partial charge in [0.1, 0.15) is 0 Å². The Bertz CT molecular complexity index is 695. The summed E-state index contributed by atoms with van der Waals surface area (Å²) in [6.45, 7) is 7.80. The molecule has 0 spiro atoms. The van der Waals surface area contributed by atoms with E-state index in [9.17, 15) is 0 Å². The molecule has 0 radical (unpaired) electrons. The predicted octanol–water partition coefficient (Wildman–Crippen LogP) is 5.36. The largest absolute Gasteiger partial charge is 0.255 e. The lowest BCUT2D eigenvalue weighted by Gasteiger charge is -2.04. The molecule has 0 unspecified atom stereocenters. The molecule has 2 rings (SSSR count). The van der Waals surface area contributed by atoms with E-state index in [4.69, 9.17) is 0 Å². The Kier molecular flexibility index (Phi) is 5.09. The Labute approximate surface area is 126 Å². The van der Waals surface area contributed by atoms with E-state index in [0.29, 0.717) is 0 Å². The van der Waals surface area contributed by atoms with Crippen molar-refractivity contribution in [2.24, 2.45) is 0 Å². The molecule has 21 heavy (non-hydrogen) atoms. The molecule has 0 aliphatic heterocycles. The summed E-state index contributed by atoms with van der Waals surface area (Å²) in [7, 11) is 0. The Morgan fingerprint density at radius 1 is 1.05 bits per heavy atom. The first kappa shape index (κ1) is 14.8. The van der Waals surface area contributed by atoms with Crippen LogP contribution in [-0.2, 0) is 0 Å². The third-order valence-corrected chi connectivity index (χ3v) is 3.18. The minimum atomic E-state index is 0.876. The van der Waals surface area contributed by atoms with Crippen molar-refractivity contribution in [3.63, 3.8) is 0 Å². The fraction of sp³-hybridized carbons (Fsp3) is 0.100. The van der Waals surface area contributed by atoms with Crippen LogP contribution in [0.3, 0.4) is 0 Å². The molecule has 0 saturated heterocycles. The Morgan fingerprint density at radius 2 is 1.76 bits per heavy atom. The summed E-state index contributed by atoms with van der Waals surface area (Å²) in [5.41, 5.74) is 8.24. The molecule has 0 amide bonds. The molecular formula is C20H19N. The number of hydrogen-bond acceptors (Lipinski definition) is 1. The van der Waals surface area contributed by atoms with E-state index >= 15 is 0 Å². The number of hydrogen-bond donors (Lipinski definition) is 0. The molecule has 1 nitrogen and oxygen atoms in total. The molecule has 0 saturated carbocycles. The van der Waals surface area contributed by atoms with Gasteiger partial charge in [0, 0.05) is 17.3 Å². The van der Waals surface area contributed by atoms with E-state index in [1.165, 1.54) is 11.1 Å². The van der Waals surface area contributed by atoms with E-state index in [1.54, 1.807) is 0 Å². The van der Waals surface area contributed by atoms with Crippen molar-refractivity contribution in [1.82, 2.24) is 4.98 Å². The first-order valence-electron chi connectivity index (χ1n) is 6.97. The van der Waals surface area contributed by atoms with Crippen LogP contribution >= 0.6 is 0 Å². The molecule has 0 fully saturated rings. The number of aromatic nitrogens is 1. The molecule has 104 valence electrons. The highest BCUT2D eigenvalue weighted by molar-refractivity contribution is 5.73. The number of benzene rings is 1. The minimum Gasteiger partial charge on any atom is -0.255 e. The molecule has 0 aliphatic carbocycles. The average Bonchev–Trinajstić information content (AvgIpc) is 2.53. The van der Waals surface area contributed by atoms with Gasteiger partial charge in [0.15, 0.2) is 0 Å². The Balaban J connectivity index is 2.26. The van der Waals surface area contributed by atoms with E-state index in [0.717, 1.165) is 16.8 Å². The molecular weight excluding hydrogens is 254 g/mol. The zero-order valence-electron chi connectivity index (χ0n) is 12.5. The summed E-state index contributed by atoms with van der Waals surface area (Å²) in [5, 5.41) is 0. The summed E-state index contributed by atoms with van der Waals surface area (Å²) in [6, 6.07) is 12.5. The van der Waals surface area contributed by atoms with Crippen molar-refractivity contribution in [2.75, 3.05) is 0 Å². The van der Waals surface area contributed by atoms with Gasteiger partial charge >= 0.3 is 0 Å². The van der Waals surface area contributed by atoms with E-state index in [-0.39, 0.29) is 0 Å². The Hall–Kier alpha value is -2.63. The second kappa shape index (κ2) is 7.23. The molecule has 0 aliphatic rings. The van der Waals surface area contributed by atoms with Crippen molar-refractivity contribution >= 4 is 5.57 Å². The van der Waals surface area contributed by atoms with Gasteiger partial charge in [-0.25, -0.2) is 0 Å². The van der Waals surface area contributed by atoms with Crippen molar-refractivity contribution < 1.29 is 0 Å². The van der Waals surface area contributed by atoms with Crippen molar-refractivity contribution in [2.45, 2.75) is 13.8 Å². The van der Waals surface area contributed by atoms with Gasteiger partial charge in [-0.05, 0) is 31.6 Å². The van der Waals surface area contributed by atoms with Crippen molar-refractivity contribution in [3.05, 3.63) is 90.5 Å². The van der Waals surface area contributed by atoms with Gasteiger partial charge in [-0.1, -0.05) is 60.7 Å². The molecule has 1 heterocycles. The lowest BCUT2D eigenvalue weighted by molar-refractivity contribution is 1.28. The maximum atomic E-state index is 4.51. The normalized spacial score (nSPS) is 11.0. The van der Waals surface area contributed by atoms with Gasteiger partial charge in [0.05, 0.1) is 5.69 Å². The van der Waals surface area contributed by atoms with Gasteiger partial charge in [-0.2, -0.15) is 0 Å². The highest BCUT2D eigenvalue weighted by Gasteiger charge is 2.01. The second-order valence-electron chi connectivity index (χ2n) is 4.77. The molecule has 1 aromatic carbocycles. The van der Waals surface area contributed by atoms with Crippen LogP contribution < -0.4 is 0 Å². The predicted molar refractivity (Wildman–Crippen MR) is 90.9 cm³/mol. The maximum Gasteiger partial charge on any atom is 0.0779 e. The number of rotatable bonds is 4. The summed E-state index contributed by atoms with van der Waals surface area (Å²) in [5.74, 6) is 0. The fourth-order valence-electron chi connectivity index (χ4n) is 1.97. The van der Waals surface area contributed by atoms with Crippen LogP contribution in [0.4, 0.5) is 0 Å². The van der Waals surface area contributed by atoms with Crippen LogP contribution in [-0.4, -0.2) is 4.98 Å². The van der Waals surface area contributed by atoms with Gasteiger partial charge in [0.2, 0.25) is 0 Å². The topological polar surface area (TPSA) is 12.9 Å². The SMILES string of the molecule is C=C=C(/C=C\C=C/C)c1ccc(-c2ccc(C)cc2)cn1. The molecule has 0 atom stereocenters. The summed E-state index contributed by atoms with van der Waals surface area (Å²) >= 11 is 0. The number of nitrogens with zero attached hydrogens (tertiary/aromatic N) is 1. The smallest absolute Gasteiger partial charge is 0.0779 e. The molecule has 0 N–H and O–H groups in total. The number of allylic oxidation sites excluding steroid dienone is 5. The maximum absolute atomic E-state index is 4.51. The molecule has 1 aromatic heterocycles. The lowest BCUT2D eigenvalue weighted by Crippen LogP contribution is -1.87. The standard InChI is InChI=1S/C20H19N/c1-4-6-7-8-17(5-2)20-14-13-19(15-21-20)18-11-9-16(3)10-12-18/h4,6-15H,2H2,1,3H3/b6-4-,8-7-. The van der Waals surface area contributed by atoms with E-state index < -0.39 is 0 Å². The third kappa shape index (κ3) is 3.92. The van der Waals surface area contributed by atoms with Gasteiger partial charge < -0.3 is 0 Å². The number of pyridine rings is 1. The number of aryl methyl sites for hydroxylation is 1. The zero-order chi connectivity index (χ0) is 15.1. The van der Waals surface area contributed by atoms with E-state index in [2.05, 4.69) is 54.5 Å². The summed E-state index contributed by atoms with van der Waals surface area (Å²) in [6.07, 6.45) is 9.76. The highest BCUT2D eigenvalue weighted by Crippen LogP contribution is 2.21. The zero-order valence-corrected chi connectivity index (χ0v) is 12.5. The average molecular weight is 273 g/mol. The van der Waals surface area contributed by atoms with Gasteiger partial charge in [-0.3, -0.25) is 4.98 Å². The van der Waals surface area contributed by atoms with Crippen LogP contribution in [0, 0.1) is 6.92 Å². The fourth-order valence-corrected chi connectivity index (χ4v) is 1.97. The van der Waals surface area contributed by atoms with Crippen molar-refractivity contribution in [3.8, 4) is 11.1 Å². The molecule has 2 aromatic rings. The molecule has 1 heteroatoms. The first-order chi connectivity index (χ1) is 10.2.